The van der Waals surface area contributed by atoms with Gasteiger partial charge in [-0.1, -0.05) is 72.1 Å². The third-order valence-electron chi connectivity index (χ3n) is 4.29. The van der Waals surface area contributed by atoms with E-state index in [1.807, 2.05) is 0 Å². The first kappa shape index (κ1) is 25.3. The summed E-state index contributed by atoms with van der Waals surface area (Å²) < 4.78 is 9.47. The van der Waals surface area contributed by atoms with Crippen molar-refractivity contribution in [2.75, 3.05) is 0 Å². The molecule has 0 N–H and O–H groups in total. The van der Waals surface area contributed by atoms with Crippen molar-refractivity contribution >= 4 is 23.9 Å². The highest BCUT2D eigenvalue weighted by Crippen LogP contribution is 2.11. The summed E-state index contributed by atoms with van der Waals surface area (Å²) in [6.07, 6.45) is 10.00. The smallest absolute Gasteiger partial charge is 0.316 e. The van der Waals surface area contributed by atoms with E-state index in [1.165, 1.54) is 6.92 Å². The number of hydrogen-bond acceptors (Lipinski definition) is 6. The number of unbranched alkanes of at least 4 members (excludes halogenated alkanes) is 8. The first-order valence-electron chi connectivity index (χ1n) is 10.4. The van der Waals surface area contributed by atoms with E-state index in [0.29, 0.717) is 12.8 Å². The first-order chi connectivity index (χ1) is 12.9. The summed E-state index contributed by atoms with van der Waals surface area (Å²) >= 11 is 0. The number of ether oxygens (including phenoxy) is 2. The molecule has 6 nitrogen and oxygen atoms in total. The Hall–Kier alpha value is -1.72. The van der Waals surface area contributed by atoms with Gasteiger partial charge in [0, 0.05) is 12.8 Å². The second kappa shape index (κ2) is 16.5. The second-order valence-electron chi connectivity index (χ2n) is 7.07. The lowest BCUT2D eigenvalue weighted by Crippen LogP contribution is -2.23. The van der Waals surface area contributed by atoms with Gasteiger partial charge in [0.1, 0.15) is 0 Å². The highest BCUT2D eigenvalue weighted by atomic mass is 16.6. The average molecular weight is 385 g/mol. The Morgan fingerprint density at radius 3 is 1.56 bits per heavy atom. The summed E-state index contributed by atoms with van der Waals surface area (Å²) in [6, 6.07) is 0. The van der Waals surface area contributed by atoms with Crippen LogP contribution in [-0.4, -0.2) is 23.9 Å². The van der Waals surface area contributed by atoms with E-state index >= 15 is 0 Å². The molecule has 0 aliphatic heterocycles. The molecule has 1 unspecified atom stereocenters. The molecule has 0 aliphatic rings. The molecule has 0 aliphatic carbocycles. The van der Waals surface area contributed by atoms with Crippen molar-refractivity contribution in [2.45, 2.75) is 104 Å². The van der Waals surface area contributed by atoms with Gasteiger partial charge in [0.25, 0.3) is 0 Å². The number of carbonyl (C=O) groups is 4. The molecule has 0 radical (unpaired) electrons. The quantitative estimate of drug-likeness (QED) is 0.227. The van der Waals surface area contributed by atoms with Gasteiger partial charge in [0.15, 0.2) is 0 Å². The summed E-state index contributed by atoms with van der Waals surface area (Å²) in [4.78, 5) is 46.8. The first-order valence-corrected chi connectivity index (χ1v) is 10.4. The van der Waals surface area contributed by atoms with Gasteiger partial charge in [0.05, 0.1) is 12.3 Å². The van der Waals surface area contributed by atoms with E-state index in [4.69, 9.17) is 9.47 Å². The highest BCUT2D eigenvalue weighted by Gasteiger charge is 2.23. The van der Waals surface area contributed by atoms with Crippen LogP contribution in [0.3, 0.4) is 0 Å². The predicted octanol–water partition coefficient (Wildman–Crippen LogP) is 4.87. The van der Waals surface area contributed by atoms with Gasteiger partial charge in [-0.05, 0) is 12.8 Å². The van der Waals surface area contributed by atoms with E-state index in [9.17, 15) is 19.2 Å². The molecule has 0 heterocycles. The van der Waals surface area contributed by atoms with Crippen LogP contribution in [0.5, 0.6) is 0 Å². The Morgan fingerprint density at radius 2 is 1.07 bits per heavy atom. The third kappa shape index (κ3) is 15.1. The van der Waals surface area contributed by atoms with Crippen LogP contribution in [0.25, 0.3) is 0 Å². The Balaban J connectivity index is 3.93. The summed E-state index contributed by atoms with van der Waals surface area (Å²) in [5, 5.41) is 0. The molecular formula is C21H36O6. The van der Waals surface area contributed by atoms with Crippen LogP contribution in [0, 0.1) is 5.92 Å². The van der Waals surface area contributed by atoms with Crippen LogP contribution >= 0.6 is 0 Å². The fourth-order valence-electron chi connectivity index (χ4n) is 2.56. The Kier molecular flexibility index (Phi) is 15.4. The van der Waals surface area contributed by atoms with E-state index in [2.05, 4.69) is 13.8 Å². The zero-order chi connectivity index (χ0) is 20.5. The van der Waals surface area contributed by atoms with Crippen LogP contribution in [0.2, 0.25) is 0 Å². The lowest BCUT2D eigenvalue weighted by molar-refractivity contribution is -0.168. The molecule has 27 heavy (non-hydrogen) atoms. The maximum Gasteiger partial charge on any atom is 0.316 e. The van der Waals surface area contributed by atoms with E-state index in [1.54, 1.807) is 0 Å². The minimum absolute atomic E-state index is 0.198. The van der Waals surface area contributed by atoms with Crippen LogP contribution < -0.4 is 0 Å². The number of carbonyl (C=O) groups excluding carboxylic acids is 4. The Labute approximate surface area is 163 Å². The molecule has 0 amide bonds. The molecule has 0 aromatic heterocycles. The molecule has 0 aromatic carbocycles. The van der Waals surface area contributed by atoms with Crippen molar-refractivity contribution in [3.05, 3.63) is 0 Å². The van der Waals surface area contributed by atoms with Crippen LogP contribution in [0.4, 0.5) is 0 Å². The zero-order valence-electron chi connectivity index (χ0n) is 17.2. The molecule has 0 spiro atoms. The van der Waals surface area contributed by atoms with Gasteiger partial charge in [-0.2, -0.15) is 0 Å². The van der Waals surface area contributed by atoms with Crippen molar-refractivity contribution in [1.29, 1.82) is 0 Å². The number of esters is 4. The Bertz CT molecular complexity index is 458. The zero-order valence-corrected chi connectivity index (χ0v) is 17.2. The van der Waals surface area contributed by atoms with Gasteiger partial charge < -0.3 is 9.47 Å². The molecule has 0 rings (SSSR count). The summed E-state index contributed by atoms with van der Waals surface area (Å²) in [5.74, 6) is -3.47. The average Bonchev–Trinajstić information content (AvgIpc) is 2.61. The number of rotatable bonds is 15. The standard InChI is InChI=1S/C21H36O6/c1-4-6-8-10-12-14-18(22)26-20(24)16-17(3)21(25)27-19(23)15-13-11-9-7-5-2/h17H,4-16H2,1-3H3. The van der Waals surface area contributed by atoms with Gasteiger partial charge in [-0.25, -0.2) is 0 Å². The normalized spacial score (nSPS) is 11.7. The molecule has 0 saturated heterocycles. The van der Waals surface area contributed by atoms with Crippen molar-refractivity contribution in [3.63, 3.8) is 0 Å². The molecule has 1 atom stereocenters. The van der Waals surface area contributed by atoms with Crippen molar-refractivity contribution in [2.24, 2.45) is 5.92 Å². The van der Waals surface area contributed by atoms with Gasteiger partial charge >= 0.3 is 23.9 Å². The van der Waals surface area contributed by atoms with Crippen LogP contribution in [0.1, 0.15) is 104 Å². The van der Waals surface area contributed by atoms with Crippen molar-refractivity contribution in [1.82, 2.24) is 0 Å². The third-order valence-corrected chi connectivity index (χ3v) is 4.29. The highest BCUT2D eigenvalue weighted by molar-refractivity contribution is 5.91. The summed E-state index contributed by atoms with van der Waals surface area (Å²) in [7, 11) is 0. The summed E-state index contributed by atoms with van der Waals surface area (Å²) in [5.41, 5.74) is 0. The lowest BCUT2D eigenvalue weighted by Gasteiger charge is -2.09. The van der Waals surface area contributed by atoms with Gasteiger partial charge in [-0.15, -0.1) is 0 Å². The topological polar surface area (TPSA) is 86.7 Å². The molecule has 6 heteroatoms. The van der Waals surface area contributed by atoms with Crippen LogP contribution in [-0.2, 0) is 28.7 Å². The monoisotopic (exact) mass is 384 g/mol. The lowest BCUT2D eigenvalue weighted by atomic mass is 10.1. The molecule has 0 aromatic rings. The van der Waals surface area contributed by atoms with E-state index in [0.717, 1.165) is 51.4 Å². The van der Waals surface area contributed by atoms with Gasteiger partial charge in [0.2, 0.25) is 0 Å². The molecule has 0 saturated carbocycles. The van der Waals surface area contributed by atoms with Crippen molar-refractivity contribution in [3.8, 4) is 0 Å². The SMILES string of the molecule is CCCCCCCC(=O)OC(=O)CC(C)C(=O)OC(=O)CCCCCCC. The molecule has 156 valence electrons. The second-order valence-corrected chi connectivity index (χ2v) is 7.07. The van der Waals surface area contributed by atoms with Crippen molar-refractivity contribution < 1.29 is 28.7 Å². The van der Waals surface area contributed by atoms with E-state index in [-0.39, 0.29) is 19.3 Å². The molecule has 0 fully saturated rings. The Morgan fingerprint density at radius 1 is 0.630 bits per heavy atom. The fraction of sp³-hybridized carbons (Fsp3) is 0.810. The predicted molar refractivity (Wildman–Crippen MR) is 103 cm³/mol. The summed E-state index contributed by atoms with van der Waals surface area (Å²) in [6.45, 7) is 5.70. The maximum atomic E-state index is 11.8. The largest absolute Gasteiger partial charge is 0.393 e. The van der Waals surface area contributed by atoms with Gasteiger partial charge in [-0.3, -0.25) is 19.2 Å². The van der Waals surface area contributed by atoms with E-state index < -0.39 is 29.8 Å². The minimum atomic E-state index is -0.820. The molecular weight excluding hydrogens is 348 g/mol. The fourth-order valence-corrected chi connectivity index (χ4v) is 2.56. The maximum absolute atomic E-state index is 11.8. The molecule has 0 bridgehead atoms. The minimum Gasteiger partial charge on any atom is -0.393 e. The van der Waals surface area contributed by atoms with Crippen LogP contribution in [0.15, 0.2) is 0 Å². The number of hydrogen-bond donors (Lipinski definition) is 0.